The van der Waals surface area contributed by atoms with Gasteiger partial charge in [-0.05, 0) is 24.3 Å². The smallest absolute Gasteiger partial charge is 0.326 e. The van der Waals surface area contributed by atoms with Gasteiger partial charge in [-0.2, -0.15) is 18.3 Å². The van der Waals surface area contributed by atoms with Crippen LogP contribution in [0.2, 0.25) is 0 Å². The first-order valence-electron chi connectivity index (χ1n) is 7.77. The van der Waals surface area contributed by atoms with Gasteiger partial charge in [0.2, 0.25) is 11.8 Å². The van der Waals surface area contributed by atoms with E-state index in [2.05, 4.69) is 15.7 Å². The van der Waals surface area contributed by atoms with Crippen molar-refractivity contribution in [2.45, 2.75) is 33.5 Å². The molecule has 0 unspecified atom stereocenters. The van der Waals surface area contributed by atoms with E-state index in [4.69, 9.17) is 0 Å². The lowest BCUT2D eigenvalue weighted by Crippen LogP contribution is -2.27. The molecule has 2 amide bonds. The average molecular weight is 368 g/mol. The third-order valence-electron chi connectivity index (χ3n) is 3.32. The summed E-state index contributed by atoms with van der Waals surface area (Å²) in [4.78, 5) is 24.0. The molecule has 2 rings (SSSR count). The van der Waals surface area contributed by atoms with Crippen molar-refractivity contribution < 1.29 is 22.8 Å². The van der Waals surface area contributed by atoms with Gasteiger partial charge >= 0.3 is 6.18 Å². The van der Waals surface area contributed by atoms with Gasteiger partial charge in [-0.15, -0.1) is 0 Å². The summed E-state index contributed by atoms with van der Waals surface area (Å²) in [6, 6.07) is 7.28. The summed E-state index contributed by atoms with van der Waals surface area (Å²) in [5, 5.41) is 8.61. The number of hydrogen-bond donors (Lipinski definition) is 2. The van der Waals surface area contributed by atoms with Crippen LogP contribution in [0.3, 0.4) is 0 Å². The van der Waals surface area contributed by atoms with E-state index >= 15 is 0 Å². The van der Waals surface area contributed by atoms with Crippen LogP contribution in [0.5, 0.6) is 0 Å². The minimum atomic E-state index is -4.55. The average Bonchev–Trinajstić information content (AvgIpc) is 2.95. The highest BCUT2D eigenvalue weighted by Crippen LogP contribution is 2.27. The van der Waals surface area contributed by atoms with Gasteiger partial charge in [0.15, 0.2) is 5.69 Å². The molecule has 0 saturated heterocycles. The normalized spacial score (nSPS) is 11.9. The molecule has 1 aromatic carbocycles. The van der Waals surface area contributed by atoms with E-state index < -0.39 is 23.2 Å². The molecular formula is C17H19F3N4O2. The molecule has 0 radical (unpaired) electrons. The Bertz CT molecular complexity index is 807. The Kier molecular flexibility index (Phi) is 5.38. The second kappa shape index (κ2) is 7.19. The largest absolute Gasteiger partial charge is 0.435 e. The van der Waals surface area contributed by atoms with Gasteiger partial charge in [-0.25, -0.2) is 0 Å². The molecule has 2 aromatic rings. The highest BCUT2D eigenvalue weighted by Gasteiger charge is 2.33. The summed E-state index contributed by atoms with van der Waals surface area (Å²) in [5.74, 6) is -0.724. The zero-order valence-corrected chi connectivity index (χ0v) is 14.5. The number of alkyl halides is 3. The molecule has 0 bridgehead atoms. The van der Waals surface area contributed by atoms with Gasteiger partial charge < -0.3 is 10.6 Å². The minimum Gasteiger partial charge on any atom is -0.326 e. The molecule has 0 atom stereocenters. The van der Waals surface area contributed by atoms with Crippen molar-refractivity contribution in [2.75, 3.05) is 10.6 Å². The first kappa shape index (κ1) is 19.5. The Balaban J connectivity index is 2.00. The number of rotatable bonds is 4. The molecule has 0 saturated carbocycles. The Morgan fingerprint density at radius 3 is 2.23 bits per heavy atom. The lowest BCUT2D eigenvalue weighted by Gasteiger charge is -2.18. The van der Waals surface area contributed by atoms with Gasteiger partial charge in [0.05, 0.1) is 0 Å². The number of nitrogens with one attached hydrogen (secondary N) is 2. The third-order valence-corrected chi connectivity index (χ3v) is 3.32. The number of aromatic nitrogens is 2. The summed E-state index contributed by atoms with van der Waals surface area (Å²) in [7, 11) is 0. The highest BCUT2D eigenvalue weighted by molar-refractivity contribution is 5.96. The number of carbonyl (C=O) groups excluding carboxylic acids is 2. The van der Waals surface area contributed by atoms with Crippen molar-refractivity contribution in [1.82, 2.24) is 9.78 Å². The zero-order valence-electron chi connectivity index (χ0n) is 14.5. The van der Waals surface area contributed by atoms with E-state index in [-0.39, 0.29) is 12.5 Å². The van der Waals surface area contributed by atoms with Gasteiger partial charge in [0.1, 0.15) is 6.54 Å². The highest BCUT2D eigenvalue weighted by atomic mass is 19.4. The van der Waals surface area contributed by atoms with E-state index in [1.165, 1.54) is 0 Å². The molecule has 1 heterocycles. The maximum absolute atomic E-state index is 12.5. The molecule has 140 valence electrons. The van der Waals surface area contributed by atoms with E-state index in [9.17, 15) is 22.8 Å². The van der Waals surface area contributed by atoms with Crippen molar-refractivity contribution in [3.8, 4) is 0 Å². The van der Waals surface area contributed by atoms with Crippen LogP contribution in [-0.2, 0) is 22.3 Å². The van der Waals surface area contributed by atoms with Gasteiger partial charge in [-0.1, -0.05) is 26.8 Å². The molecule has 9 heteroatoms. The number of amides is 2. The summed E-state index contributed by atoms with van der Waals surface area (Å²) < 4.78 is 38.4. The van der Waals surface area contributed by atoms with E-state index in [0.29, 0.717) is 11.4 Å². The number of carbonyl (C=O) groups is 2. The summed E-state index contributed by atoms with van der Waals surface area (Å²) in [6.07, 6.45) is -3.47. The third kappa shape index (κ3) is 5.33. The quantitative estimate of drug-likeness (QED) is 0.867. The maximum atomic E-state index is 12.5. The molecule has 0 aliphatic carbocycles. The minimum absolute atomic E-state index is 0.183. The fourth-order valence-corrected chi connectivity index (χ4v) is 1.94. The lowest BCUT2D eigenvalue weighted by molar-refractivity contribution is -0.141. The van der Waals surface area contributed by atoms with Crippen LogP contribution in [0, 0.1) is 5.41 Å². The summed E-state index contributed by atoms with van der Waals surface area (Å²) >= 11 is 0. The van der Waals surface area contributed by atoms with Gasteiger partial charge in [0.25, 0.3) is 0 Å². The van der Waals surface area contributed by atoms with Crippen molar-refractivity contribution in [2.24, 2.45) is 5.41 Å². The molecule has 1 aromatic heterocycles. The fourth-order valence-electron chi connectivity index (χ4n) is 1.94. The van der Waals surface area contributed by atoms with Crippen LogP contribution in [0.25, 0.3) is 0 Å². The Hall–Kier alpha value is -2.84. The van der Waals surface area contributed by atoms with Crippen molar-refractivity contribution in [3.63, 3.8) is 0 Å². The number of anilines is 2. The Morgan fingerprint density at radius 2 is 1.69 bits per heavy atom. The molecule has 0 aliphatic rings. The number of benzene rings is 1. The monoisotopic (exact) mass is 368 g/mol. The molecule has 0 spiro atoms. The van der Waals surface area contributed by atoms with E-state index in [1.54, 1.807) is 45.0 Å². The predicted octanol–water partition coefficient (Wildman–Crippen LogP) is 3.53. The van der Waals surface area contributed by atoms with Crippen LogP contribution in [0.4, 0.5) is 24.5 Å². The van der Waals surface area contributed by atoms with E-state index in [0.717, 1.165) is 16.9 Å². The number of nitrogens with zero attached hydrogens (tertiary/aromatic N) is 2. The number of halogens is 3. The van der Waals surface area contributed by atoms with Crippen LogP contribution >= 0.6 is 0 Å². The Labute approximate surface area is 148 Å². The molecular weight excluding hydrogens is 349 g/mol. The van der Waals surface area contributed by atoms with E-state index in [1.807, 2.05) is 0 Å². The molecule has 0 aliphatic heterocycles. The van der Waals surface area contributed by atoms with Crippen molar-refractivity contribution in [3.05, 3.63) is 42.2 Å². The van der Waals surface area contributed by atoms with Gasteiger partial charge in [-0.3, -0.25) is 14.3 Å². The molecule has 26 heavy (non-hydrogen) atoms. The molecule has 6 nitrogen and oxygen atoms in total. The summed E-state index contributed by atoms with van der Waals surface area (Å²) in [6.45, 7) is 4.95. The van der Waals surface area contributed by atoms with Crippen LogP contribution in [0.1, 0.15) is 26.5 Å². The SMILES string of the molecule is CC(C)(C)C(=O)Nc1cccc(NC(=O)Cn2ccc(C(F)(F)F)n2)c1. The first-order chi connectivity index (χ1) is 11.9. The zero-order chi connectivity index (χ0) is 19.5. The second-order valence-electron chi connectivity index (χ2n) is 6.73. The standard InChI is InChI=1S/C17H19F3N4O2/c1-16(2,3)15(26)22-12-6-4-5-11(9-12)21-14(25)10-24-8-7-13(23-24)17(18,19)20/h4-9H,10H2,1-3H3,(H,21,25)(H,22,26). The first-order valence-corrected chi connectivity index (χ1v) is 7.77. The molecule has 0 fully saturated rings. The van der Waals surface area contributed by atoms with Crippen LogP contribution in [0.15, 0.2) is 36.5 Å². The lowest BCUT2D eigenvalue weighted by atomic mass is 9.95. The molecule has 2 N–H and O–H groups in total. The van der Waals surface area contributed by atoms with Gasteiger partial charge in [0, 0.05) is 23.0 Å². The topological polar surface area (TPSA) is 76.0 Å². The van der Waals surface area contributed by atoms with Crippen LogP contribution < -0.4 is 10.6 Å². The van der Waals surface area contributed by atoms with Crippen LogP contribution in [-0.4, -0.2) is 21.6 Å². The maximum Gasteiger partial charge on any atom is 0.435 e. The summed E-state index contributed by atoms with van der Waals surface area (Å²) in [5.41, 5.74) is -0.724. The van der Waals surface area contributed by atoms with Crippen molar-refractivity contribution in [1.29, 1.82) is 0 Å². The Morgan fingerprint density at radius 1 is 1.08 bits per heavy atom. The fraction of sp³-hybridized carbons (Fsp3) is 0.353. The van der Waals surface area contributed by atoms with Crippen molar-refractivity contribution >= 4 is 23.2 Å². The number of hydrogen-bond acceptors (Lipinski definition) is 3. The predicted molar refractivity (Wildman–Crippen MR) is 90.4 cm³/mol. The second-order valence-corrected chi connectivity index (χ2v) is 6.73.